The predicted octanol–water partition coefficient (Wildman–Crippen LogP) is 20.9. The summed E-state index contributed by atoms with van der Waals surface area (Å²) in [6.07, 6.45) is 34.2. The van der Waals surface area contributed by atoms with Crippen LogP contribution in [-0.2, 0) is 10.8 Å². The summed E-state index contributed by atoms with van der Waals surface area (Å²) in [6, 6.07) is 41.6. The fourth-order valence-corrected chi connectivity index (χ4v) is 14.6. The van der Waals surface area contributed by atoms with Gasteiger partial charge >= 0.3 is 0 Å². The van der Waals surface area contributed by atoms with Crippen LogP contribution in [0.25, 0.3) is 55.7 Å². The summed E-state index contributed by atoms with van der Waals surface area (Å²) in [7, 11) is 0. The molecule has 5 aromatic rings. The summed E-state index contributed by atoms with van der Waals surface area (Å²) in [5.41, 5.74) is 19.5. The van der Waals surface area contributed by atoms with Gasteiger partial charge in [0.05, 0.1) is 0 Å². The van der Waals surface area contributed by atoms with Crippen molar-refractivity contribution in [3.63, 3.8) is 0 Å². The zero-order chi connectivity index (χ0) is 53.1. The maximum atomic E-state index is 10.9. The number of hydrogen-bond donors (Lipinski definition) is 0. The van der Waals surface area contributed by atoms with Gasteiger partial charge in [-0.25, -0.2) is 0 Å². The molecule has 0 aromatic heterocycles. The molecule has 390 valence electrons. The highest BCUT2D eigenvalue weighted by Crippen LogP contribution is 2.62. The summed E-state index contributed by atoms with van der Waals surface area (Å²) in [5.74, 6) is 0. The van der Waals surface area contributed by atoms with Crippen molar-refractivity contribution < 1.29 is 0 Å². The summed E-state index contributed by atoms with van der Waals surface area (Å²) in [4.78, 5) is 0. The molecule has 0 fully saturated rings. The molecule has 5 aromatic carbocycles. The summed E-state index contributed by atoms with van der Waals surface area (Å²) in [5, 5.41) is 43.4. The maximum absolute atomic E-state index is 10.9. The Kier molecular flexibility index (Phi) is 18.0. The molecular formula is C72H82N4. The topological polar surface area (TPSA) is 95.2 Å². The summed E-state index contributed by atoms with van der Waals surface area (Å²) in [6.45, 7) is 9.15. The number of hydrogen-bond acceptors (Lipinski definition) is 4. The second kappa shape index (κ2) is 25.1. The monoisotopic (exact) mass is 1000 g/mol. The van der Waals surface area contributed by atoms with Crippen LogP contribution in [-0.4, -0.2) is 0 Å². The van der Waals surface area contributed by atoms with Gasteiger partial charge in [0.2, 0.25) is 0 Å². The maximum Gasteiger partial charge on any atom is 0.138 e. The van der Waals surface area contributed by atoms with Gasteiger partial charge < -0.3 is 0 Å². The molecule has 4 aliphatic rings. The van der Waals surface area contributed by atoms with E-state index in [0.717, 1.165) is 95.9 Å². The van der Waals surface area contributed by atoms with Gasteiger partial charge in [0.25, 0.3) is 0 Å². The zero-order valence-corrected chi connectivity index (χ0v) is 46.7. The molecule has 76 heavy (non-hydrogen) atoms. The Morgan fingerprint density at radius 2 is 0.553 bits per heavy atom. The molecule has 0 N–H and O–H groups in total. The van der Waals surface area contributed by atoms with Crippen molar-refractivity contribution in [2.24, 2.45) is 0 Å². The van der Waals surface area contributed by atoms with Crippen LogP contribution in [0.15, 0.2) is 96.1 Å². The van der Waals surface area contributed by atoms with E-state index in [1.807, 2.05) is 0 Å². The Hall–Kier alpha value is -6.46. The van der Waals surface area contributed by atoms with Crippen LogP contribution >= 0.6 is 0 Å². The molecule has 0 amide bonds. The minimum Gasteiger partial charge on any atom is -0.192 e. The zero-order valence-electron chi connectivity index (χ0n) is 46.7. The molecule has 0 heterocycles. The number of rotatable bonds is 28. The average molecular weight is 1000 g/mol. The number of nitrogens with zero attached hydrogens (tertiary/aromatic N) is 4. The van der Waals surface area contributed by atoms with Crippen LogP contribution in [0.1, 0.15) is 252 Å². The lowest BCUT2D eigenvalue weighted by Gasteiger charge is -2.33. The largest absolute Gasteiger partial charge is 0.192 e. The molecule has 0 saturated carbocycles. The molecule has 0 atom stereocenters. The second-order valence-corrected chi connectivity index (χ2v) is 23.1. The van der Waals surface area contributed by atoms with Gasteiger partial charge in [0.1, 0.15) is 35.4 Å². The number of unbranched alkanes of at least 4 members (excludes halogenated alkanes) is 20. The van der Waals surface area contributed by atoms with E-state index in [4.69, 9.17) is 0 Å². The van der Waals surface area contributed by atoms with E-state index in [1.165, 1.54) is 173 Å². The second-order valence-electron chi connectivity index (χ2n) is 23.1. The van der Waals surface area contributed by atoms with Crippen molar-refractivity contribution in [2.45, 2.75) is 218 Å². The lowest BCUT2D eigenvalue weighted by molar-refractivity contribution is 0.398. The number of allylic oxidation sites excluding steroid dienone is 2. The van der Waals surface area contributed by atoms with Crippen molar-refractivity contribution in [3.05, 3.63) is 141 Å². The van der Waals surface area contributed by atoms with E-state index in [1.54, 1.807) is 0 Å². The highest BCUT2D eigenvalue weighted by Gasteiger charge is 2.46. The molecule has 9 rings (SSSR count). The van der Waals surface area contributed by atoms with E-state index in [0.29, 0.717) is 11.1 Å². The first kappa shape index (κ1) is 54.3. The Labute approximate surface area is 457 Å². The lowest BCUT2D eigenvalue weighted by Crippen LogP contribution is -2.25. The highest BCUT2D eigenvalue weighted by atomic mass is 14.5. The molecular weight excluding hydrogens is 921 g/mol. The van der Waals surface area contributed by atoms with E-state index >= 15 is 0 Å². The quantitative estimate of drug-likeness (QED) is 0.0361. The van der Waals surface area contributed by atoms with Crippen molar-refractivity contribution in [1.82, 2.24) is 0 Å². The standard InChI is InChI=1S/C72H82N4/c1-5-9-13-17-21-29-37-71(38-30-22-18-14-10-6-2)65-35-27-25-33-53(65)59-43-63-57(45-67(59)71)55-41-62-56(42-61(55)69(63)51(47-73)48-74)58-46-68-60(44-64(58)70(62)52(49-75)50-76)54-34-26-28-36-66(54)72(68,39-31-23-19-15-11-7-3)40-32-24-20-16-12-8-4/h25-28,33-36,41-46H,5-24,29-32,37-40H2,1-4H3. The highest BCUT2D eigenvalue weighted by molar-refractivity contribution is 6.12. The molecule has 4 heteroatoms. The third-order valence-corrected chi connectivity index (χ3v) is 18.4. The van der Waals surface area contributed by atoms with Crippen LogP contribution in [0, 0.1) is 45.3 Å². The molecule has 0 saturated heterocycles. The van der Waals surface area contributed by atoms with Gasteiger partial charge in [0, 0.05) is 22.0 Å². The van der Waals surface area contributed by atoms with Crippen molar-refractivity contribution in [3.8, 4) is 68.8 Å². The van der Waals surface area contributed by atoms with Crippen LogP contribution in [0.2, 0.25) is 0 Å². The van der Waals surface area contributed by atoms with Crippen molar-refractivity contribution in [2.75, 3.05) is 0 Å². The number of benzene rings is 5. The van der Waals surface area contributed by atoms with E-state index in [-0.39, 0.29) is 22.0 Å². The third-order valence-electron chi connectivity index (χ3n) is 18.4. The molecule has 0 aliphatic heterocycles. The number of fused-ring (bicyclic) bond motifs is 12. The van der Waals surface area contributed by atoms with E-state index < -0.39 is 0 Å². The minimum atomic E-state index is -0.155. The van der Waals surface area contributed by atoms with Gasteiger partial charge in [-0.15, -0.1) is 0 Å². The molecule has 0 spiro atoms. The van der Waals surface area contributed by atoms with Crippen molar-refractivity contribution >= 4 is 11.1 Å². The van der Waals surface area contributed by atoms with Gasteiger partial charge in [-0.2, -0.15) is 21.0 Å². The minimum absolute atomic E-state index is 0.113. The van der Waals surface area contributed by atoms with Gasteiger partial charge in [-0.3, -0.25) is 0 Å². The van der Waals surface area contributed by atoms with Crippen LogP contribution in [0.4, 0.5) is 0 Å². The normalized spacial score (nSPS) is 14.1. The molecule has 4 nitrogen and oxygen atoms in total. The Bertz CT molecular complexity index is 2890. The molecule has 0 bridgehead atoms. The van der Waals surface area contributed by atoms with Crippen LogP contribution in [0.3, 0.4) is 0 Å². The van der Waals surface area contributed by atoms with E-state index in [2.05, 4.69) is 137 Å². The van der Waals surface area contributed by atoms with Crippen molar-refractivity contribution in [1.29, 1.82) is 21.0 Å². The smallest absolute Gasteiger partial charge is 0.138 e. The fraction of sp³-hybridized carbons (Fsp3) is 0.472. The first-order valence-corrected chi connectivity index (χ1v) is 30.3. The lowest BCUT2D eigenvalue weighted by atomic mass is 9.70. The Balaban J connectivity index is 1.22. The summed E-state index contributed by atoms with van der Waals surface area (Å²) >= 11 is 0. The Morgan fingerprint density at radius 3 is 0.855 bits per heavy atom. The molecule has 0 radical (unpaired) electrons. The number of nitriles is 4. The first-order chi connectivity index (χ1) is 37.4. The molecule has 4 aliphatic carbocycles. The average Bonchev–Trinajstić information content (AvgIpc) is 4.15. The van der Waals surface area contributed by atoms with Gasteiger partial charge in [0.15, 0.2) is 0 Å². The van der Waals surface area contributed by atoms with Gasteiger partial charge in [-0.1, -0.05) is 230 Å². The predicted molar refractivity (Wildman–Crippen MR) is 316 cm³/mol. The SMILES string of the molecule is CCCCCCCCC1(CCCCCCCC)c2ccccc2-c2cc3c(cc21)-c1cc2c(cc1C3=C(C#N)C#N)-c1cc3c(cc1C2=C(C#N)C#N)-c1ccccc1C3(CCCCCCCC)CCCCCCCC. The third kappa shape index (κ3) is 10.2. The van der Waals surface area contributed by atoms with Gasteiger partial charge in [-0.05, 0) is 151 Å². The summed E-state index contributed by atoms with van der Waals surface area (Å²) < 4.78 is 0. The fourth-order valence-electron chi connectivity index (χ4n) is 14.6. The van der Waals surface area contributed by atoms with Crippen LogP contribution in [0.5, 0.6) is 0 Å². The van der Waals surface area contributed by atoms with Crippen LogP contribution < -0.4 is 0 Å². The first-order valence-electron chi connectivity index (χ1n) is 30.3. The Morgan fingerprint density at radius 1 is 0.289 bits per heavy atom. The van der Waals surface area contributed by atoms with E-state index in [9.17, 15) is 21.0 Å². The molecule has 0 unspecified atom stereocenters.